The molecule has 0 bridgehead atoms. The lowest BCUT2D eigenvalue weighted by Gasteiger charge is -2.32. The summed E-state index contributed by atoms with van der Waals surface area (Å²) in [5.74, 6) is -0.487. The Morgan fingerprint density at radius 1 is 1.44 bits per heavy atom. The summed E-state index contributed by atoms with van der Waals surface area (Å²) < 4.78 is 12.2. The topological polar surface area (TPSA) is 111 Å². The van der Waals surface area contributed by atoms with E-state index in [1.165, 1.54) is 10.9 Å². The van der Waals surface area contributed by atoms with E-state index in [1.54, 1.807) is 17.0 Å². The van der Waals surface area contributed by atoms with Crippen molar-refractivity contribution in [3.8, 4) is 5.95 Å². The van der Waals surface area contributed by atoms with E-state index in [0.29, 0.717) is 32.2 Å². The van der Waals surface area contributed by atoms with Gasteiger partial charge in [-0.25, -0.2) is 4.79 Å². The molecule has 9 heteroatoms. The second-order valence-corrected chi connectivity index (χ2v) is 5.94. The molecule has 3 heterocycles. The third-order valence-electron chi connectivity index (χ3n) is 4.09. The quantitative estimate of drug-likeness (QED) is 0.842. The van der Waals surface area contributed by atoms with Gasteiger partial charge in [0.1, 0.15) is 0 Å². The Morgan fingerprint density at radius 2 is 2.28 bits per heavy atom. The van der Waals surface area contributed by atoms with Crippen LogP contribution in [0.15, 0.2) is 22.7 Å². The van der Waals surface area contributed by atoms with Crippen molar-refractivity contribution in [3.05, 3.63) is 29.8 Å². The first-order valence-electron chi connectivity index (χ1n) is 8.22. The van der Waals surface area contributed by atoms with Crippen LogP contribution in [-0.2, 0) is 6.54 Å². The van der Waals surface area contributed by atoms with Crippen LogP contribution in [0.3, 0.4) is 0 Å². The van der Waals surface area contributed by atoms with Gasteiger partial charge in [-0.2, -0.15) is 0 Å². The van der Waals surface area contributed by atoms with Crippen molar-refractivity contribution in [1.82, 2.24) is 19.9 Å². The van der Waals surface area contributed by atoms with Crippen molar-refractivity contribution in [2.75, 3.05) is 19.7 Å². The van der Waals surface area contributed by atoms with Crippen LogP contribution in [0.2, 0.25) is 0 Å². The number of aromatic carboxylic acids is 1. The Labute approximate surface area is 144 Å². The highest BCUT2D eigenvalue weighted by Gasteiger charge is 2.27. The number of hydrogen-bond acceptors (Lipinski definition) is 6. The van der Waals surface area contributed by atoms with E-state index in [9.17, 15) is 9.59 Å². The molecule has 2 aromatic heterocycles. The third-order valence-corrected chi connectivity index (χ3v) is 4.09. The lowest BCUT2D eigenvalue weighted by atomic mass is 9.98. The predicted octanol–water partition coefficient (Wildman–Crippen LogP) is 1.52. The molecule has 1 amide bonds. The number of rotatable bonds is 6. The molecule has 1 aliphatic heterocycles. The fourth-order valence-electron chi connectivity index (χ4n) is 2.96. The molecule has 0 unspecified atom stereocenters. The summed E-state index contributed by atoms with van der Waals surface area (Å²) >= 11 is 0. The summed E-state index contributed by atoms with van der Waals surface area (Å²) in [6.45, 7) is 4.07. The van der Waals surface area contributed by atoms with Gasteiger partial charge >= 0.3 is 5.97 Å². The van der Waals surface area contributed by atoms with Gasteiger partial charge in [0, 0.05) is 25.7 Å². The predicted molar refractivity (Wildman–Crippen MR) is 85.5 cm³/mol. The number of carboxylic acids is 1. The highest BCUT2D eigenvalue weighted by atomic mass is 16.6. The number of piperidine rings is 1. The van der Waals surface area contributed by atoms with Gasteiger partial charge in [0.25, 0.3) is 11.9 Å². The number of hydrogen-bond donors (Lipinski definition) is 1. The average molecular weight is 348 g/mol. The monoisotopic (exact) mass is 348 g/mol. The molecule has 134 valence electrons. The Morgan fingerprint density at radius 3 is 3.00 bits per heavy atom. The fourth-order valence-corrected chi connectivity index (χ4v) is 2.96. The van der Waals surface area contributed by atoms with Gasteiger partial charge in [-0.3, -0.25) is 9.48 Å². The number of ether oxygens (including phenoxy) is 1. The zero-order chi connectivity index (χ0) is 17.8. The molecule has 0 aliphatic carbocycles. The summed E-state index contributed by atoms with van der Waals surface area (Å²) in [4.78, 5) is 25.2. The van der Waals surface area contributed by atoms with Crippen molar-refractivity contribution in [3.63, 3.8) is 0 Å². The Balaban J connectivity index is 1.61. The molecule has 0 radical (unpaired) electrons. The molecule has 3 rings (SSSR count). The van der Waals surface area contributed by atoms with Crippen LogP contribution in [0.5, 0.6) is 5.95 Å². The van der Waals surface area contributed by atoms with Crippen LogP contribution in [0.25, 0.3) is 0 Å². The molecule has 1 atom stereocenters. The highest BCUT2D eigenvalue weighted by Crippen LogP contribution is 2.22. The highest BCUT2D eigenvalue weighted by molar-refractivity contribution is 5.91. The lowest BCUT2D eigenvalue weighted by Crippen LogP contribution is -2.41. The first-order valence-corrected chi connectivity index (χ1v) is 8.22. The average Bonchev–Trinajstić information content (AvgIpc) is 3.24. The molecular formula is C16H20N4O5. The minimum absolute atomic E-state index is 0.0808. The normalized spacial score (nSPS) is 17.5. The number of nitrogens with zero attached hydrogens (tertiary/aromatic N) is 4. The van der Waals surface area contributed by atoms with Crippen molar-refractivity contribution in [2.45, 2.75) is 26.3 Å². The number of carbonyl (C=O) groups excluding carboxylic acids is 1. The number of likely N-dealkylation sites (tertiary alicyclic amines) is 1. The van der Waals surface area contributed by atoms with Crippen LogP contribution >= 0.6 is 0 Å². The molecule has 0 saturated carbocycles. The second kappa shape index (κ2) is 7.37. The van der Waals surface area contributed by atoms with Gasteiger partial charge in [-0.15, -0.1) is 5.10 Å². The Hall–Kier alpha value is -2.84. The van der Waals surface area contributed by atoms with Crippen molar-refractivity contribution in [1.29, 1.82) is 0 Å². The maximum atomic E-state index is 12.6. The maximum Gasteiger partial charge on any atom is 0.358 e. The van der Waals surface area contributed by atoms with Crippen LogP contribution in [-0.4, -0.2) is 56.6 Å². The van der Waals surface area contributed by atoms with Gasteiger partial charge in [0.05, 0.1) is 12.8 Å². The van der Waals surface area contributed by atoms with Gasteiger partial charge in [0.15, 0.2) is 11.5 Å². The number of carboxylic acid groups (broad SMARTS) is 1. The number of carbonyl (C=O) groups is 2. The van der Waals surface area contributed by atoms with E-state index in [2.05, 4.69) is 10.3 Å². The SMILES string of the molecule is CCOc1ccc(C(=O)N2CCC[C@@H](Cn3cc(C(=O)O)nn3)C2)o1. The smallest absolute Gasteiger partial charge is 0.358 e. The van der Waals surface area contributed by atoms with Crippen LogP contribution < -0.4 is 4.74 Å². The zero-order valence-electron chi connectivity index (χ0n) is 13.9. The van der Waals surface area contributed by atoms with Gasteiger partial charge < -0.3 is 19.2 Å². The molecule has 1 fully saturated rings. The molecule has 25 heavy (non-hydrogen) atoms. The van der Waals surface area contributed by atoms with Crippen molar-refractivity contribution < 1.29 is 23.8 Å². The van der Waals surface area contributed by atoms with Crippen LogP contribution in [0.1, 0.15) is 40.8 Å². The van der Waals surface area contributed by atoms with Crippen molar-refractivity contribution >= 4 is 11.9 Å². The standard InChI is InChI=1S/C16H20N4O5/c1-2-24-14-6-5-13(25-14)15(21)19-7-3-4-11(8-19)9-20-10-12(16(22)23)17-18-20/h5-6,10-11H,2-4,7-9H2,1H3,(H,22,23)/t11-/m1/s1. The van der Waals surface area contributed by atoms with E-state index in [0.717, 1.165) is 12.8 Å². The summed E-state index contributed by atoms with van der Waals surface area (Å²) in [5.41, 5.74) is -0.0808. The first-order chi connectivity index (χ1) is 12.1. The summed E-state index contributed by atoms with van der Waals surface area (Å²) in [5, 5.41) is 16.3. The van der Waals surface area contributed by atoms with E-state index in [1.807, 2.05) is 6.92 Å². The molecule has 0 spiro atoms. The summed E-state index contributed by atoms with van der Waals surface area (Å²) in [6, 6.07) is 3.26. The molecule has 1 saturated heterocycles. The number of furan rings is 1. The fraction of sp³-hybridized carbons (Fsp3) is 0.500. The minimum Gasteiger partial charge on any atom is -0.476 e. The summed E-state index contributed by atoms with van der Waals surface area (Å²) in [6.07, 6.45) is 3.22. The Bertz CT molecular complexity index is 753. The van der Waals surface area contributed by atoms with Crippen molar-refractivity contribution in [2.24, 2.45) is 5.92 Å². The molecule has 2 aromatic rings. The molecule has 9 nitrogen and oxygen atoms in total. The minimum atomic E-state index is -1.10. The molecule has 1 aliphatic rings. The van der Waals surface area contributed by atoms with E-state index in [-0.39, 0.29) is 23.3 Å². The first kappa shape index (κ1) is 17.0. The van der Waals surface area contributed by atoms with E-state index < -0.39 is 5.97 Å². The zero-order valence-corrected chi connectivity index (χ0v) is 13.9. The van der Waals surface area contributed by atoms with E-state index in [4.69, 9.17) is 14.3 Å². The largest absolute Gasteiger partial charge is 0.476 e. The second-order valence-electron chi connectivity index (χ2n) is 5.94. The number of aromatic nitrogens is 3. The van der Waals surface area contributed by atoms with Crippen LogP contribution in [0.4, 0.5) is 0 Å². The third kappa shape index (κ3) is 3.98. The molecule has 1 N–H and O–H groups in total. The Kier molecular flexibility index (Phi) is 5.01. The van der Waals surface area contributed by atoms with Gasteiger partial charge in [-0.05, 0) is 31.7 Å². The van der Waals surface area contributed by atoms with Crippen LogP contribution in [0, 0.1) is 5.92 Å². The van der Waals surface area contributed by atoms with Gasteiger partial charge in [0.2, 0.25) is 0 Å². The molecule has 0 aromatic carbocycles. The number of amides is 1. The maximum absolute atomic E-state index is 12.6. The molecular weight excluding hydrogens is 328 g/mol. The van der Waals surface area contributed by atoms with E-state index >= 15 is 0 Å². The summed E-state index contributed by atoms with van der Waals surface area (Å²) in [7, 11) is 0. The van der Waals surface area contributed by atoms with Gasteiger partial charge in [-0.1, -0.05) is 5.21 Å². The lowest BCUT2D eigenvalue weighted by molar-refractivity contribution is 0.0619.